The van der Waals surface area contributed by atoms with Gasteiger partial charge in [0.2, 0.25) is 5.95 Å². The Hall–Kier alpha value is -2.31. The van der Waals surface area contributed by atoms with E-state index in [1.807, 2.05) is 6.08 Å². The molecule has 2 aromatic rings. The molecule has 0 bridgehead atoms. The Morgan fingerprint density at radius 1 is 1.29 bits per heavy atom. The Kier molecular flexibility index (Phi) is 1.80. The Morgan fingerprint density at radius 2 is 2.06 bits per heavy atom. The molecule has 0 saturated heterocycles. The number of hydrogen-bond donors (Lipinski definition) is 1. The van der Waals surface area contributed by atoms with Gasteiger partial charge in [-0.2, -0.15) is 4.98 Å². The Morgan fingerprint density at radius 3 is 2.82 bits per heavy atom. The lowest BCUT2D eigenvalue weighted by Crippen LogP contribution is -2.37. The molecule has 0 fully saturated rings. The van der Waals surface area contributed by atoms with E-state index in [2.05, 4.69) is 10.3 Å². The minimum atomic E-state index is -0.370. The standard InChI is InChI=1S/C10H11N5O2/c1-13-7-6(8(16)14(2)10(13)17)15-5-3-4-11-9(15)12-7/h3-4H,5H2,1-2H3,(H,11,12). The highest BCUT2D eigenvalue weighted by Crippen LogP contribution is 2.17. The van der Waals surface area contributed by atoms with E-state index in [9.17, 15) is 9.59 Å². The molecule has 0 amide bonds. The van der Waals surface area contributed by atoms with Crippen molar-refractivity contribution in [3.05, 3.63) is 33.1 Å². The van der Waals surface area contributed by atoms with Crippen LogP contribution in [-0.2, 0) is 20.6 Å². The summed E-state index contributed by atoms with van der Waals surface area (Å²) in [5.74, 6) is 0.584. The predicted octanol–water partition coefficient (Wildman–Crippen LogP) is -0.627. The Bertz CT molecular complexity index is 762. The van der Waals surface area contributed by atoms with Crippen molar-refractivity contribution in [2.24, 2.45) is 14.1 Å². The van der Waals surface area contributed by atoms with Crippen molar-refractivity contribution < 1.29 is 0 Å². The number of anilines is 1. The van der Waals surface area contributed by atoms with Gasteiger partial charge in [-0.3, -0.25) is 13.9 Å². The summed E-state index contributed by atoms with van der Waals surface area (Å²) in [7, 11) is 3.08. The van der Waals surface area contributed by atoms with Crippen LogP contribution < -0.4 is 16.6 Å². The largest absolute Gasteiger partial charge is 0.332 e. The summed E-state index contributed by atoms with van der Waals surface area (Å²) in [6.45, 7) is 0.576. The molecule has 7 heteroatoms. The van der Waals surface area contributed by atoms with Gasteiger partial charge in [-0.25, -0.2) is 4.79 Å². The van der Waals surface area contributed by atoms with E-state index in [1.54, 1.807) is 17.8 Å². The Labute approximate surface area is 95.6 Å². The highest BCUT2D eigenvalue weighted by molar-refractivity contribution is 5.74. The number of allylic oxidation sites excluding steroid dienone is 1. The number of imidazole rings is 1. The molecular formula is C10H11N5O2. The van der Waals surface area contributed by atoms with Gasteiger partial charge in [-0.1, -0.05) is 0 Å². The van der Waals surface area contributed by atoms with Gasteiger partial charge in [-0.15, -0.1) is 0 Å². The van der Waals surface area contributed by atoms with Crippen LogP contribution in [0.15, 0.2) is 21.9 Å². The van der Waals surface area contributed by atoms with Gasteiger partial charge in [-0.05, 0) is 6.08 Å². The molecule has 88 valence electrons. The van der Waals surface area contributed by atoms with Crippen molar-refractivity contribution in [1.29, 1.82) is 0 Å². The zero-order chi connectivity index (χ0) is 12.2. The number of nitrogens with zero attached hydrogens (tertiary/aromatic N) is 4. The SMILES string of the molecule is Cn1c(=O)c2c(nc3n2CC=CN3)n(C)c1=O. The first kappa shape index (κ1) is 9.88. The molecule has 1 aliphatic rings. The minimum absolute atomic E-state index is 0.320. The average Bonchev–Trinajstić information content (AvgIpc) is 2.73. The van der Waals surface area contributed by atoms with Gasteiger partial charge >= 0.3 is 5.69 Å². The molecule has 7 nitrogen and oxygen atoms in total. The number of aromatic nitrogens is 4. The maximum atomic E-state index is 12.1. The normalized spacial score (nSPS) is 13.8. The molecule has 1 N–H and O–H groups in total. The lowest BCUT2D eigenvalue weighted by molar-refractivity contribution is 0.703. The van der Waals surface area contributed by atoms with Gasteiger partial charge in [0.1, 0.15) is 0 Å². The van der Waals surface area contributed by atoms with E-state index in [4.69, 9.17) is 0 Å². The van der Waals surface area contributed by atoms with Gasteiger partial charge in [0, 0.05) is 26.8 Å². The maximum absolute atomic E-state index is 12.1. The van der Waals surface area contributed by atoms with E-state index >= 15 is 0 Å². The summed E-state index contributed by atoms with van der Waals surface area (Å²) in [4.78, 5) is 28.1. The lowest BCUT2D eigenvalue weighted by Gasteiger charge is -2.09. The second kappa shape index (κ2) is 3.09. The zero-order valence-electron chi connectivity index (χ0n) is 9.47. The third-order valence-corrected chi connectivity index (χ3v) is 2.97. The van der Waals surface area contributed by atoms with Crippen LogP contribution in [0.3, 0.4) is 0 Å². The van der Waals surface area contributed by atoms with Crippen molar-refractivity contribution >= 4 is 17.1 Å². The van der Waals surface area contributed by atoms with Crippen molar-refractivity contribution in [2.75, 3.05) is 5.32 Å². The van der Waals surface area contributed by atoms with E-state index < -0.39 is 0 Å². The molecule has 17 heavy (non-hydrogen) atoms. The lowest BCUT2D eigenvalue weighted by atomic mass is 10.4. The number of nitrogens with one attached hydrogen (secondary N) is 1. The average molecular weight is 233 g/mol. The molecule has 0 saturated carbocycles. The molecule has 3 rings (SSSR count). The fourth-order valence-corrected chi connectivity index (χ4v) is 2.03. The van der Waals surface area contributed by atoms with E-state index in [0.29, 0.717) is 23.7 Å². The highest BCUT2D eigenvalue weighted by atomic mass is 16.2. The van der Waals surface area contributed by atoms with Crippen LogP contribution in [0.25, 0.3) is 11.2 Å². The van der Waals surface area contributed by atoms with Crippen LogP contribution in [0.5, 0.6) is 0 Å². The third-order valence-electron chi connectivity index (χ3n) is 2.97. The van der Waals surface area contributed by atoms with Gasteiger partial charge in [0.05, 0.1) is 0 Å². The minimum Gasteiger partial charge on any atom is -0.332 e. The van der Waals surface area contributed by atoms with Crippen molar-refractivity contribution in [1.82, 2.24) is 18.7 Å². The molecule has 0 aliphatic carbocycles. The van der Waals surface area contributed by atoms with Crippen LogP contribution in [0.2, 0.25) is 0 Å². The molecule has 0 atom stereocenters. The van der Waals surface area contributed by atoms with E-state index in [1.165, 1.54) is 11.6 Å². The first-order chi connectivity index (χ1) is 8.11. The van der Waals surface area contributed by atoms with Crippen LogP contribution >= 0.6 is 0 Å². The number of hydrogen-bond acceptors (Lipinski definition) is 4. The van der Waals surface area contributed by atoms with Gasteiger partial charge in [0.15, 0.2) is 11.2 Å². The predicted molar refractivity (Wildman–Crippen MR) is 63.0 cm³/mol. The second-order valence-corrected chi connectivity index (χ2v) is 3.97. The summed E-state index contributed by atoms with van der Waals surface area (Å²) in [5.41, 5.74) is 0.163. The summed E-state index contributed by atoms with van der Waals surface area (Å²) in [6.07, 6.45) is 3.66. The summed E-state index contributed by atoms with van der Waals surface area (Å²) < 4.78 is 4.23. The van der Waals surface area contributed by atoms with Crippen LogP contribution in [-0.4, -0.2) is 18.7 Å². The summed E-state index contributed by atoms with van der Waals surface area (Å²) in [6, 6.07) is 0. The van der Waals surface area contributed by atoms with Crippen LogP contribution in [0.1, 0.15) is 0 Å². The van der Waals surface area contributed by atoms with Gasteiger partial charge < -0.3 is 9.88 Å². The molecule has 0 spiro atoms. The van der Waals surface area contributed by atoms with Crippen molar-refractivity contribution in [3.8, 4) is 0 Å². The molecule has 0 radical (unpaired) electrons. The van der Waals surface area contributed by atoms with Crippen molar-refractivity contribution in [2.45, 2.75) is 6.54 Å². The smallest absolute Gasteiger partial charge is 0.332 e. The molecule has 1 aliphatic heterocycles. The first-order valence-electron chi connectivity index (χ1n) is 5.19. The molecular weight excluding hydrogens is 222 g/mol. The monoisotopic (exact) mass is 233 g/mol. The second-order valence-electron chi connectivity index (χ2n) is 3.97. The molecule has 3 heterocycles. The summed E-state index contributed by atoms with van der Waals surface area (Å²) in [5, 5.41) is 2.95. The molecule has 0 aromatic carbocycles. The van der Waals surface area contributed by atoms with Crippen molar-refractivity contribution in [3.63, 3.8) is 0 Å². The number of fused-ring (bicyclic) bond motifs is 3. The van der Waals surface area contributed by atoms with Crippen LogP contribution in [0.4, 0.5) is 5.95 Å². The fraction of sp³-hybridized carbons (Fsp3) is 0.300. The third kappa shape index (κ3) is 1.13. The first-order valence-corrected chi connectivity index (χ1v) is 5.19. The molecule has 2 aromatic heterocycles. The Balaban J connectivity index is 2.57. The topological polar surface area (TPSA) is 73.8 Å². The fourth-order valence-electron chi connectivity index (χ4n) is 2.03. The van der Waals surface area contributed by atoms with E-state index in [0.717, 1.165) is 4.57 Å². The van der Waals surface area contributed by atoms with Crippen LogP contribution in [0, 0.1) is 0 Å². The quantitative estimate of drug-likeness (QED) is 0.657. The summed E-state index contributed by atoms with van der Waals surface area (Å²) >= 11 is 0. The van der Waals surface area contributed by atoms with E-state index in [-0.39, 0.29) is 11.2 Å². The number of rotatable bonds is 0. The molecule has 0 unspecified atom stereocenters. The number of aryl methyl sites for hydroxylation is 1. The highest BCUT2D eigenvalue weighted by Gasteiger charge is 2.18. The zero-order valence-corrected chi connectivity index (χ0v) is 9.47. The van der Waals surface area contributed by atoms with Gasteiger partial charge in [0.25, 0.3) is 5.56 Å². The maximum Gasteiger partial charge on any atom is 0.332 e.